The van der Waals surface area contributed by atoms with E-state index in [4.69, 9.17) is 9.47 Å². The van der Waals surface area contributed by atoms with Crippen LogP contribution in [0.1, 0.15) is 166 Å². The summed E-state index contributed by atoms with van der Waals surface area (Å²) in [5, 5.41) is 5.61. The van der Waals surface area contributed by atoms with Crippen molar-refractivity contribution in [3.8, 4) is 0 Å². The van der Waals surface area contributed by atoms with Gasteiger partial charge < -0.3 is 29.9 Å². The largest absolute Gasteiger partial charge is 0.463 e. The number of amides is 4. The second-order valence-corrected chi connectivity index (χ2v) is 17.3. The quantitative estimate of drug-likeness (QED) is 0.186. The zero-order valence-corrected chi connectivity index (χ0v) is 41.1. The van der Waals surface area contributed by atoms with Gasteiger partial charge in [-0.15, -0.1) is 0 Å². The van der Waals surface area contributed by atoms with Crippen LogP contribution in [0.3, 0.4) is 0 Å². The summed E-state index contributed by atoms with van der Waals surface area (Å²) >= 11 is 0. The van der Waals surface area contributed by atoms with Crippen molar-refractivity contribution in [1.29, 1.82) is 0 Å². The molecule has 0 aromatic rings. The minimum absolute atomic E-state index is 0.00704. The summed E-state index contributed by atoms with van der Waals surface area (Å²) in [5.74, 6) is 0.884. The fourth-order valence-electron chi connectivity index (χ4n) is 2.96. The van der Waals surface area contributed by atoms with Crippen LogP contribution in [0.25, 0.3) is 0 Å². The zero-order valence-electron chi connectivity index (χ0n) is 41.1. The Morgan fingerprint density at radius 3 is 0.625 bits per heavy atom. The number of hydrogen-bond acceptors (Lipinski definition) is 8. The first-order valence-electron chi connectivity index (χ1n) is 20.6. The lowest BCUT2D eigenvalue weighted by molar-refractivity contribution is -0.152. The lowest BCUT2D eigenvalue weighted by Gasteiger charge is -2.23. The van der Waals surface area contributed by atoms with Gasteiger partial charge in [0.15, 0.2) is 0 Å². The molecule has 0 saturated carbocycles. The second kappa shape index (κ2) is 36.2. The SMILES string of the molecule is CC(C)C(=O)N(C)C(C)C.CC(C)C(=O)N(C)C(C)C.CC(C)NC(=O)C(C)C.CC(C)NC(=O)C(C)C.CC(C)OC(=O)C(C)C.CC(C)OC(=O)C(C)C. The Bertz CT molecular complexity index is 914. The van der Waals surface area contributed by atoms with Gasteiger partial charge in [-0.05, 0) is 83.1 Å². The Morgan fingerprint density at radius 1 is 0.357 bits per heavy atom. The second-order valence-electron chi connectivity index (χ2n) is 17.3. The topological polar surface area (TPSA) is 151 Å². The molecule has 0 aromatic carbocycles. The maximum absolute atomic E-state index is 11.2. The standard InChI is InChI=1S/2C8H17NO.2C7H15NO.2C7H14O2/c2*1-6(2)8(10)9(5)7(3)4;2*1-5(2)7(9)8-6(3)4;2*1-5(2)7(8)9-6(3)4/h2*6-7H,1-5H3;2*5-6H,1-4H3,(H,8,9);2*5-6H,1-4H3. The van der Waals surface area contributed by atoms with Gasteiger partial charge in [0.1, 0.15) is 0 Å². The highest BCUT2D eigenvalue weighted by Crippen LogP contribution is 2.04. The number of carbonyl (C=O) groups excluding carboxylic acids is 6. The first-order chi connectivity index (χ1) is 25.1. The number of carbonyl (C=O) groups is 6. The third kappa shape index (κ3) is 45.2. The van der Waals surface area contributed by atoms with Gasteiger partial charge in [-0.3, -0.25) is 28.8 Å². The fourth-order valence-corrected chi connectivity index (χ4v) is 2.96. The molecule has 4 amide bonds. The third-order valence-electron chi connectivity index (χ3n) is 6.79. The molecule has 0 saturated heterocycles. The molecule has 12 heteroatoms. The summed E-state index contributed by atoms with van der Waals surface area (Å²) in [6, 6.07) is 1.16. The molecule has 0 aliphatic carbocycles. The number of rotatable bonds is 12. The first-order valence-corrected chi connectivity index (χ1v) is 20.6. The monoisotopic (exact) mass is 805 g/mol. The molecule has 0 aliphatic heterocycles. The summed E-state index contributed by atoms with van der Waals surface area (Å²) in [5.41, 5.74) is 0. The van der Waals surface area contributed by atoms with E-state index < -0.39 is 0 Å². The molecule has 0 fully saturated rings. The van der Waals surface area contributed by atoms with Crippen molar-refractivity contribution in [2.45, 2.75) is 203 Å². The van der Waals surface area contributed by atoms with Crippen LogP contribution in [0.5, 0.6) is 0 Å². The van der Waals surface area contributed by atoms with Crippen LogP contribution in [0.4, 0.5) is 0 Å². The van der Waals surface area contributed by atoms with Crippen molar-refractivity contribution in [3.63, 3.8) is 0 Å². The Morgan fingerprint density at radius 2 is 0.571 bits per heavy atom. The van der Waals surface area contributed by atoms with Crippen LogP contribution in [0.15, 0.2) is 0 Å². The first kappa shape index (κ1) is 64.7. The van der Waals surface area contributed by atoms with E-state index in [0.29, 0.717) is 12.1 Å². The van der Waals surface area contributed by atoms with Crippen LogP contribution in [-0.4, -0.2) is 95.8 Å². The van der Waals surface area contributed by atoms with Gasteiger partial charge in [-0.1, -0.05) is 83.1 Å². The molecular weight excluding hydrogens is 713 g/mol. The predicted octanol–water partition coefficient (Wildman–Crippen LogP) is 8.54. The fraction of sp³-hybridized carbons (Fsp3) is 0.864. The number of nitrogens with one attached hydrogen (secondary N) is 2. The van der Waals surface area contributed by atoms with Crippen molar-refractivity contribution >= 4 is 35.6 Å². The summed E-state index contributed by atoms with van der Waals surface area (Å²) < 4.78 is 9.75. The van der Waals surface area contributed by atoms with Crippen molar-refractivity contribution < 1.29 is 38.2 Å². The van der Waals surface area contributed by atoms with Crippen LogP contribution < -0.4 is 10.6 Å². The Labute approximate surface area is 345 Å². The molecule has 0 radical (unpaired) electrons. The predicted molar refractivity (Wildman–Crippen MR) is 234 cm³/mol. The van der Waals surface area contributed by atoms with E-state index in [9.17, 15) is 28.8 Å². The molecule has 0 aromatic heterocycles. The number of ether oxygens (including phenoxy) is 2. The molecule has 0 unspecified atom stereocenters. The molecular formula is C44H92N4O8. The van der Waals surface area contributed by atoms with Crippen molar-refractivity contribution in [2.24, 2.45) is 35.5 Å². The summed E-state index contributed by atoms with van der Waals surface area (Å²) in [6.07, 6.45) is 0.0276. The molecule has 0 atom stereocenters. The van der Waals surface area contributed by atoms with E-state index in [1.165, 1.54) is 0 Å². The van der Waals surface area contributed by atoms with E-state index >= 15 is 0 Å². The van der Waals surface area contributed by atoms with Gasteiger partial charge in [0.05, 0.1) is 24.0 Å². The van der Waals surface area contributed by atoms with Crippen LogP contribution in [0, 0.1) is 35.5 Å². The van der Waals surface area contributed by atoms with E-state index in [1.54, 1.807) is 9.80 Å². The summed E-state index contributed by atoms with van der Waals surface area (Å²) in [4.78, 5) is 69.1. The Balaban J connectivity index is -0.000000134. The van der Waals surface area contributed by atoms with Gasteiger partial charge in [-0.2, -0.15) is 0 Å². The van der Waals surface area contributed by atoms with Crippen molar-refractivity contribution in [3.05, 3.63) is 0 Å². The molecule has 0 rings (SSSR count). The number of esters is 2. The Hall–Kier alpha value is -3.18. The lowest BCUT2D eigenvalue weighted by Crippen LogP contribution is -2.35. The van der Waals surface area contributed by atoms with Gasteiger partial charge in [0, 0.05) is 61.9 Å². The van der Waals surface area contributed by atoms with Gasteiger partial charge in [0.25, 0.3) is 0 Å². The lowest BCUT2D eigenvalue weighted by atomic mass is 10.2. The smallest absolute Gasteiger partial charge is 0.308 e. The van der Waals surface area contributed by atoms with E-state index in [2.05, 4.69) is 10.6 Å². The maximum Gasteiger partial charge on any atom is 0.308 e. The van der Waals surface area contributed by atoms with Crippen LogP contribution in [-0.2, 0) is 38.2 Å². The summed E-state index contributed by atoms with van der Waals surface area (Å²) in [6.45, 7) is 45.8. The minimum atomic E-state index is -0.120. The molecule has 0 spiro atoms. The minimum Gasteiger partial charge on any atom is -0.463 e. The normalized spacial score (nSPS) is 10.5. The van der Waals surface area contributed by atoms with Crippen LogP contribution in [0.2, 0.25) is 0 Å². The summed E-state index contributed by atoms with van der Waals surface area (Å²) in [7, 11) is 3.68. The number of hydrogen-bond donors (Lipinski definition) is 2. The highest BCUT2D eigenvalue weighted by Gasteiger charge is 2.15. The number of nitrogens with zero attached hydrogens (tertiary/aromatic N) is 2. The maximum atomic E-state index is 11.2. The van der Waals surface area contributed by atoms with E-state index in [-0.39, 0.29) is 95.4 Å². The van der Waals surface area contributed by atoms with Gasteiger partial charge in [-0.25, -0.2) is 0 Å². The highest BCUT2D eigenvalue weighted by molar-refractivity contribution is 5.79. The molecule has 12 nitrogen and oxygen atoms in total. The van der Waals surface area contributed by atoms with Crippen LogP contribution >= 0.6 is 0 Å². The average Bonchev–Trinajstić information content (AvgIpc) is 3.03. The van der Waals surface area contributed by atoms with Crippen molar-refractivity contribution in [2.75, 3.05) is 14.1 Å². The third-order valence-corrected chi connectivity index (χ3v) is 6.79. The van der Waals surface area contributed by atoms with E-state index in [1.807, 2.05) is 180 Å². The molecule has 0 bridgehead atoms. The molecule has 336 valence electrons. The van der Waals surface area contributed by atoms with Gasteiger partial charge >= 0.3 is 11.9 Å². The molecule has 2 N–H and O–H groups in total. The van der Waals surface area contributed by atoms with Crippen molar-refractivity contribution in [1.82, 2.24) is 20.4 Å². The molecule has 0 heterocycles. The zero-order chi connectivity index (χ0) is 46.4. The average molecular weight is 805 g/mol. The highest BCUT2D eigenvalue weighted by atomic mass is 16.5. The van der Waals surface area contributed by atoms with E-state index in [0.717, 1.165) is 0 Å². The molecule has 0 aliphatic rings. The molecule has 56 heavy (non-hydrogen) atoms. The Kier molecular flexibility index (Phi) is 41.8. The van der Waals surface area contributed by atoms with Gasteiger partial charge in [0.2, 0.25) is 23.6 Å².